The Morgan fingerprint density at radius 1 is 1.15 bits per heavy atom. The Balaban J connectivity index is 2.41. The third-order valence-corrected chi connectivity index (χ3v) is 5.59. The minimum atomic E-state index is -3.95. The number of benzene rings is 2. The Kier molecular flexibility index (Phi) is 6.87. The first kappa shape index (κ1) is 20.8. The van der Waals surface area contributed by atoms with Crippen LogP contribution in [0.2, 0.25) is 5.02 Å². The van der Waals surface area contributed by atoms with Crippen LogP contribution in [0.4, 0.5) is 0 Å². The predicted molar refractivity (Wildman–Crippen MR) is 105 cm³/mol. The highest BCUT2D eigenvalue weighted by molar-refractivity contribution is 7.95. The van der Waals surface area contributed by atoms with Crippen molar-refractivity contribution in [2.24, 2.45) is 5.73 Å². The summed E-state index contributed by atoms with van der Waals surface area (Å²) < 4.78 is 36.1. The first-order chi connectivity index (χ1) is 12.8. The van der Waals surface area contributed by atoms with E-state index in [0.29, 0.717) is 34.3 Å². The van der Waals surface area contributed by atoms with Gasteiger partial charge >= 0.3 is 0 Å². The lowest BCUT2D eigenvalue weighted by atomic mass is 10.2. The molecule has 2 rings (SSSR count). The van der Waals surface area contributed by atoms with Gasteiger partial charge in [-0.15, -0.1) is 0 Å². The van der Waals surface area contributed by atoms with Crippen LogP contribution in [-0.4, -0.2) is 28.0 Å². The smallest absolute Gasteiger partial charge is 0.260 e. The summed E-state index contributed by atoms with van der Waals surface area (Å²) in [7, 11) is -2.48. The lowest BCUT2D eigenvalue weighted by Gasteiger charge is -2.11. The van der Waals surface area contributed by atoms with Gasteiger partial charge in [0.25, 0.3) is 5.91 Å². The molecule has 0 bridgehead atoms. The van der Waals surface area contributed by atoms with Gasteiger partial charge in [0.05, 0.1) is 19.5 Å². The number of methoxy groups -OCH3 is 1. The summed E-state index contributed by atoms with van der Waals surface area (Å²) in [6, 6.07) is 11.2. The average Bonchev–Trinajstić information content (AvgIpc) is 2.62. The van der Waals surface area contributed by atoms with Crippen molar-refractivity contribution in [2.45, 2.75) is 12.7 Å². The van der Waals surface area contributed by atoms with E-state index in [4.69, 9.17) is 26.8 Å². The Morgan fingerprint density at radius 3 is 2.37 bits per heavy atom. The summed E-state index contributed by atoms with van der Waals surface area (Å²) in [5.74, 6) is -0.462. The molecular formula is C19H20ClNO5S. The second kappa shape index (κ2) is 8.92. The molecule has 0 aliphatic carbocycles. The van der Waals surface area contributed by atoms with E-state index < -0.39 is 20.6 Å². The molecule has 27 heavy (non-hydrogen) atoms. The van der Waals surface area contributed by atoms with Crippen molar-refractivity contribution in [3.8, 4) is 11.5 Å². The van der Waals surface area contributed by atoms with Crippen LogP contribution in [0.5, 0.6) is 11.5 Å². The summed E-state index contributed by atoms with van der Waals surface area (Å²) in [4.78, 5) is 11.3. The summed E-state index contributed by atoms with van der Waals surface area (Å²) >= 11 is 5.81. The number of amides is 1. The highest BCUT2D eigenvalue weighted by Crippen LogP contribution is 2.29. The SMILES string of the molecule is CCOc1ccc(C=C(C(N)=O)S(=O)(=O)Cc2ccc(Cl)cc2)cc1OC. The number of carbonyl (C=O) groups is 1. The third-order valence-electron chi connectivity index (χ3n) is 3.63. The zero-order valence-corrected chi connectivity index (χ0v) is 16.5. The molecule has 0 aliphatic rings. The van der Waals surface area contributed by atoms with Gasteiger partial charge in [-0.25, -0.2) is 8.42 Å². The monoisotopic (exact) mass is 409 g/mol. The zero-order valence-electron chi connectivity index (χ0n) is 14.9. The van der Waals surface area contributed by atoms with E-state index in [9.17, 15) is 13.2 Å². The van der Waals surface area contributed by atoms with Gasteiger partial charge in [-0.2, -0.15) is 0 Å². The molecule has 0 heterocycles. The topological polar surface area (TPSA) is 95.7 Å². The second-order valence-electron chi connectivity index (χ2n) is 5.60. The highest BCUT2D eigenvalue weighted by Gasteiger charge is 2.24. The van der Waals surface area contributed by atoms with Gasteiger partial charge in [0, 0.05) is 5.02 Å². The molecule has 0 atom stereocenters. The molecule has 0 radical (unpaired) electrons. The Hall–Kier alpha value is -2.51. The molecule has 0 saturated carbocycles. The fraction of sp³-hybridized carbons (Fsp3) is 0.211. The van der Waals surface area contributed by atoms with Gasteiger partial charge in [0.1, 0.15) is 4.91 Å². The quantitative estimate of drug-likeness (QED) is 0.675. The molecule has 6 nitrogen and oxygen atoms in total. The van der Waals surface area contributed by atoms with Gasteiger partial charge in [0.2, 0.25) is 0 Å². The van der Waals surface area contributed by atoms with E-state index in [-0.39, 0.29) is 5.75 Å². The van der Waals surface area contributed by atoms with Crippen LogP contribution in [0.1, 0.15) is 18.1 Å². The van der Waals surface area contributed by atoms with E-state index in [0.717, 1.165) is 0 Å². The molecule has 0 fully saturated rings. The molecule has 0 aliphatic heterocycles. The normalized spacial score (nSPS) is 11.9. The molecule has 2 aromatic carbocycles. The zero-order chi connectivity index (χ0) is 20.0. The molecule has 0 saturated heterocycles. The summed E-state index contributed by atoms with van der Waals surface area (Å²) in [6.07, 6.45) is 1.23. The molecule has 0 aromatic heterocycles. The number of hydrogen-bond donors (Lipinski definition) is 1. The number of primary amides is 1. The van der Waals surface area contributed by atoms with E-state index >= 15 is 0 Å². The van der Waals surface area contributed by atoms with Gasteiger partial charge in [-0.3, -0.25) is 4.79 Å². The maximum absolute atomic E-state index is 12.7. The van der Waals surface area contributed by atoms with Crippen molar-refractivity contribution in [1.82, 2.24) is 0 Å². The summed E-state index contributed by atoms with van der Waals surface area (Å²) in [5.41, 5.74) is 6.28. The highest BCUT2D eigenvalue weighted by atomic mass is 35.5. The molecule has 2 aromatic rings. The third kappa shape index (κ3) is 5.48. The molecule has 0 spiro atoms. The maximum atomic E-state index is 12.7. The Bertz CT molecular complexity index is 953. The van der Waals surface area contributed by atoms with Crippen LogP contribution in [0.3, 0.4) is 0 Å². The Morgan fingerprint density at radius 2 is 1.81 bits per heavy atom. The summed E-state index contributed by atoms with van der Waals surface area (Å²) in [5, 5.41) is 0.489. The molecule has 8 heteroatoms. The molecule has 2 N–H and O–H groups in total. The van der Waals surface area contributed by atoms with Crippen LogP contribution < -0.4 is 15.2 Å². The number of carbonyl (C=O) groups excluding carboxylic acids is 1. The van der Waals surface area contributed by atoms with Crippen molar-refractivity contribution < 1.29 is 22.7 Å². The molecule has 1 amide bonds. The van der Waals surface area contributed by atoms with Gasteiger partial charge in [0.15, 0.2) is 21.3 Å². The number of rotatable bonds is 8. The minimum absolute atomic E-state index is 0.368. The number of halogens is 1. The number of hydrogen-bond acceptors (Lipinski definition) is 5. The van der Waals surface area contributed by atoms with Gasteiger partial charge < -0.3 is 15.2 Å². The van der Waals surface area contributed by atoms with Crippen LogP contribution in [0, 0.1) is 0 Å². The van der Waals surface area contributed by atoms with Gasteiger partial charge in [-0.05, 0) is 48.4 Å². The average molecular weight is 410 g/mol. The van der Waals surface area contributed by atoms with Crippen molar-refractivity contribution in [1.29, 1.82) is 0 Å². The second-order valence-corrected chi connectivity index (χ2v) is 8.00. The fourth-order valence-electron chi connectivity index (χ4n) is 2.39. The lowest BCUT2D eigenvalue weighted by Crippen LogP contribution is -2.22. The van der Waals surface area contributed by atoms with E-state index in [1.807, 2.05) is 6.92 Å². The van der Waals surface area contributed by atoms with E-state index in [1.54, 1.807) is 42.5 Å². The van der Waals surface area contributed by atoms with E-state index in [1.165, 1.54) is 13.2 Å². The molecular weight excluding hydrogens is 390 g/mol. The molecule has 144 valence electrons. The first-order valence-corrected chi connectivity index (χ1v) is 10.1. The van der Waals surface area contributed by atoms with Crippen molar-refractivity contribution >= 4 is 33.4 Å². The number of sulfone groups is 1. The maximum Gasteiger partial charge on any atom is 0.260 e. The van der Waals surface area contributed by atoms with Crippen molar-refractivity contribution in [3.05, 3.63) is 63.5 Å². The van der Waals surface area contributed by atoms with Crippen LogP contribution in [0.25, 0.3) is 6.08 Å². The van der Waals surface area contributed by atoms with Crippen LogP contribution in [-0.2, 0) is 20.4 Å². The number of nitrogens with two attached hydrogens (primary N) is 1. The van der Waals surface area contributed by atoms with Crippen molar-refractivity contribution in [3.63, 3.8) is 0 Å². The van der Waals surface area contributed by atoms with Gasteiger partial charge in [-0.1, -0.05) is 29.8 Å². The molecule has 0 unspecified atom stereocenters. The van der Waals surface area contributed by atoms with E-state index in [2.05, 4.69) is 0 Å². The summed E-state index contributed by atoms with van der Waals surface area (Å²) in [6.45, 7) is 2.29. The van der Waals surface area contributed by atoms with Crippen molar-refractivity contribution in [2.75, 3.05) is 13.7 Å². The minimum Gasteiger partial charge on any atom is -0.493 e. The Labute approximate surface area is 163 Å². The standard InChI is InChI=1S/C19H20ClNO5S/c1-3-26-16-9-6-14(10-17(16)25-2)11-18(19(21)22)27(23,24)12-13-4-7-15(20)8-5-13/h4-11H,3,12H2,1-2H3,(H2,21,22). The lowest BCUT2D eigenvalue weighted by molar-refractivity contribution is -0.113. The number of ether oxygens (including phenoxy) is 2. The largest absolute Gasteiger partial charge is 0.493 e. The first-order valence-electron chi connectivity index (χ1n) is 8.06. The van der Waals surface area contributed by atoms with Crippen LogP contribution in [0.15, 0.2) is 47.4 Å². The van der Waals surface area contributed by atoms with Crippen LogP contribution >= 0.6 is 11.6 Å². The fourth-order valence-corrected chi connectivity index (χ4v) is 3.93. The predicted octanol–water partition coefficient (Wildman–Crippen LogP) is 3.19.